The zero-order valence-electron chi connectivity index (χ0n) is 8.65. The highest BCUT2D eigenvalue weighted by Crippen LogP contribution is 2.21. The minimum atomic E-state index is -1.61. The number of pyridine rings is 1. The van der Waals surface area contributed by atoms with Crippen LogP contribution in [0.15, 0.2) is 18.3 Å². The Bertz CT molecular complexity index is 433. The maximum atomic E-state index is 10.8. The van der Waals surface area contributed by atoms with Gasteiger partial charge in [0.05, 0.1) is 12.5 Å². The van der Waals surface area contributed by atoms with Crippen LogP contribution in [0.5, 0.6) is 0 Å². The van der Waals surface area contributed by atoms with Crippen molar-refractivity contribution in [1.29, 1.82) is 0 Å². The molecule has 0 aliphatic heterocycles. The van der Waals surface area contributed by atoms with Crippen LogP contribution in [0, 0.1) is 0 Å². The SMILES string of the molecule is O=C(O)CC(O)C(O)c1cccnc1C(=O)O. The van der Waals surface area contributed by atoms with Crippen LogP contribution < -0.4 is 0 Å². The van der Waals surface area contributed by atoms with E-state index in [0.29, 0.717) is 0 Å². The summed E-state index contributed by atoms with van der Waals surface area (Å²) in [6.07, 6.45) is -2.65. The molecule has 0 fully saturated rings. The second-order valence-electron chi connectivity index (χ2n) is 3.36. The van der Waals surface area contributed by atoms with Gasteiger partial charge in [-0.05, 0) is 6.07 Å². The summed E-state index contributed by atoms with van der Waals surface area (Å²) in [6, 6.07) is 2.66. The molecule has 0 aromatic carbocycles. The predicted octanol–water partition coefficient (Wildman–Crippen LogP) is -0.351. The molecule has 7 heteroatoms. The van der Waals surface area contributed by atoms with Crippen LogP contribution in [0.4, 0.5) is 0 Å². The lowest BCUT2D eigenvalue weighted by Gasteiger charge is -2.17. The fourth-order valence-electron chi connectivity index (χ4n) is 1.33. The number of hydrogen-bond acceptors (Lipinski definition) is 5. The average Bonchev–Trinajstić information content (AvgIpc) is 2.27. The standard InChI is InChI=1S/C10H11NO6/c12-6(4-7(13)14)9(15)5-2-1-3-11-8(5)10(16)17/h1-3,6,9,12,15H,4H2,(H,13,14)(H,16,17). The minimum absolute atomic E-state index is 0.117. The van der Waals surface area contributed by atoms with Crippen molar-refractivity contribution in [3.05, 3.63) is 29.6 Å². The van der Waals surface area contributed by atoms with E-state index in [9.17, 15) is 19.8 Å². The molecule has 92 valence electrons. The number of nitrogens with zero attached hydrogens (tertiary/aromatic N) is 1. The van der Waals surface area contributed by atoms with Crippen molar-refractivity contribution in [1.82, 2.24) is 4.98 Å². The summed E-state index contributed by atoms with van der Waals surface area (Å²) in [5, 5.41) is 36.3. The third-order valence-electron chi connectivity index (χ3n) is 2.11. The van der Waals surface area contributed by atoms with Gasteiger partial charge in [-0.3, -0.25) is 4.79 Å². The molecule has 0 aliphatic rings. The number of aliphatic hydroxyl groups is 2. The molecule has 0 saturated carbocycles. The first kappa shape index (κ1) is 13.1. The molecular weight excluding hydrogens is 230 g/mol. The van der Waals surface area contributed by atoms with Gasteiger partial charge in [0, 0.05) is 11.8 Å². The zero-order valence-corrected chi connectivity index (χ0v) is 8.65. The summed E-state index contributed by atoms with van der Waals surface area (Å²) in [6.45, 7) is 0. The lowest BCUT2D eigenvalue weighted by Crippen LogP contribution is -2.24. The van der Waals surface area contributed by atoms with Crippen molar-refractivity contribution < 1.29 is 30.0 Å². The Balaban J connectivity index is 2.99. The molecule has 2 unspecified atom stereocenters. The molecule has 0 saturated heterocycles. The second kappa shape index (κ2) is 5.37. The van der Waals surface area contributed by atoms with Gasteiger partial charge in [0.25, 0.3) is 0 Å². The molecule has 0 amide bonds. The molecule has 1 aromatic rings. The maximum absolute atomic E-state index is 10.8. The van der Waals surface area contributed by atoms with Gasteiger partial charge in [0.2, 0.25) is 0 Å². The summed E-state index contributed by atoms with van der Waals surface area (Å²) >= 11 is 0. The van der Waals surface area contributed by atoms with Crippen molar-refractivity contribution in [2.75, 3.05) is 0 Å². The lowest BCUT2D eigenvalue weighted by atomic mass is 10.0. The van der Waals surface area contributed by atoms with Gasteiger partial charge in [-0.15, -0.1) is 0 Å². The number of aliphatic carboxylic acids is 1. The van der Waals surface area contributed by atoms with Gasteiger partial charge in [-0.2, -0.15) is 0 Å². The van der Waals surface area contributed by atoms with Crippen molar-refractivity contribution in [2.24, 2.45) is 0 Å². The van der Waals surface area contributed by atoms with Crippen molar-refractivity contribution >= 4 is 11.9 Å². The number of aliphatic hydroxyl groups excluding tert-OH is 2. The third-order valence-corrected chi connectivity index (χ3v) is 2.11. The summed E-state index contributed by atoms with van der Waals surface area (Å²) in [5.41, 5.74) is -0.529. The Morgan fingerprint density at radius 3 is 2.47 bits per heavy atom. The fourth-order valence-corrected chi connectivity index (χ4v) is 1.33. The summed E-state index contributed by atoms with van der Waals surface area (Å²) in [4.78, 5) is 24.7. The number of carboxylic acid groups (broad SMARTS) is 2. The molecule has 2 atom stereocenters. The Morgan fingerprint density at radius 1 is 1.29 bits per heavy atom. The Hall–Kier alpha value is -1.99. The molecule has 0 aliphatic carbocycles. The molecule has 17 heavy (non-hydrogen) atoms. The van der Waals surface area contributed by atoms with Crippen LogP contribution in [-0.4, -0.2) is 43.5 Å². The van der Waals surface area contributed by atoms with E-state index < -0.39 is 36.3 Å². The number of aromatic carboxylic acids is 1. The first-order valence-electron chi connectivity index (χ1n) is 4.69. The highest BCUT2D eigenvalue weighted by atomic mass is 16.4. The zero-order chi connectivity index (χ0) is 13.0. The molecular formula is C10H11NO6. The molecule has 0 bridgehead atoms. The summed E-state index contributed by atoms with van der Waals surface area (Å²) < 4.78 is 0. The maximum Gasteiger partial charge on any atom is 0.354 e. The van der Waals surface area contributed by atoms with Crippen molar-refractivity contribution in [3.63, 3.8) is 0 Å². The third kappa shape index (κ3) is 3.23. The predicted molar refractivity (Wildman–Crippen MR) is 54.4 cm³/mol. The van der Waals surface area contributed by atoms with Gasteiger partial charge in [-0.25, -0.2) is 9.78 Å². The van der Waals surface area contributed by atoms with Crippen LogP contribution in [0.3, 0.4) is 0 Å². The number of carbonyl (C=O) groups is 2. The lowest BCUT2D eigenvalue weighted by molar-refractivity contribution is -0.141. The van der Waals surface area contributed by atoms with Crippen LogP contribution in [0.25, 0.3) is 0 Å². The van der Waals surface area contributed by atoms with E-state index in [2.05, 4.69) is 4.98 Å². The molecule has 0 spiro atoms. The number of carboxylic acids is 2. The van der Waals surface area contributed by atoms with Crippen LogP contribution >= 0.6 is 0 Å². The molecule has 4 N–H and O–H groups in total. The molecule has 1 heterocycles. The summed E-state index contributed by atoms with van der Waals surface area (Å²) in [7, 11) is 0. The highest BCUT2D eigenvalue weighted by Gasteiger charge is 2.25. The smallest absolute Gasteiger partial charge is 0.354 e. The first-order valence-corrected chi connectivity index (χ1v) is 4.69. The number of rotatable bonds is 5. The van der Waals surface area contributed by atoms with Gasteiger partial charge in [0.15, 0.2) is 5.69 Å². The quantitative estimate of drug-likeness (QED) is 0.554. The fraction of sp³-hybridized carbons (Fsp3) is 0.300. The van der Waals surface area contributed by atoms with E-state index in [-0.39, 0.29) is 5.56 Å². The molecule has 1 aromatic heterocycles. The van der Waals surface area contributed by atoms with Gasteiger partial charge < -0.3 is 20.4 Å². The normalized spacial score (nSPS) is 14.0. The van der Waals surface area contributed by atoms with Crippen molar-refractivity contribution in [2.45, 2.75) is 18.6 Å². The van der Waals surface area contributed by atoms with E-state index in [1.807, 2.05) is 0 Å². The topological polar surface area (TPSA) is 128 Å². The van der Waals surface area contributed by atoms with Gasteiger partial charge in [-0.1, -0.05) is 6.07 Å². The first-order chi connectivity index (χ1) is 7.93. The van der Waals surface area contributed by atoms with Crippen molar-refractivity contribution in [3.8, 4) is 0 Å². The van der Waals surface area contributed by atoms with Crippen LogP contribution in [0.1, 0.15) is 28.6 Å². The van der Waals surface area contributed by atoms with Crippen LogP contribution in [0.2, 0.25) is 0 Å². The van der Waals surface area contributed by atoms with E-state index in [4.69, 9.17) is 10.2 Å². The number of aromatic nitrogens is 1. The van der Waals surface area contributed by atoms with E-state index in [0.717, 1.165) is 0 Å². The minimum Gasteiger partial charge on any atom is -0.481 e. The summed E-state index contributed by atoms with van der Waals surface area (Å²) in [5.74, 6) is -2.65. The van der Waals surface area contributed by atoms with E-state index in [1.165, 1.54) is 18.3 Å². The monoisotopic (exact) mass is 241 g/mol. The molecule has 1 rings (SSSR count). The van der Waals surface area contributed by atoms with Crippen LogP contribution in [-0.2, 0) is 4.79 Å². The average molecular weight is 241 g/mol. The largest absolute Gasteiger partial charge is 0.481 e. The second-order valence-corrected chi connectivity index (χ2v) is 3.36. The Kier molecular flexibility index (Phi) is 4.13. The van der Waals surface area contributed by atoms with E-state index >= 15 is 0 Å². The Morgan fingerprint density at radius 2 is 1.94 bits per heavy atom. The highest BCUT2D eigenvalue weighted by molar-refractivity contribution is 5.87. The Labute approximate surface area is 96.0 Å². The van der Waals surface area contributed by atoms with Gasteiger partial charge >= 0.3 is 11.9 Å². The van der Waals surface area contributed by atoms with Gasteiger partial charge in [0.1, 0.15) is 6.10 Å². The molecule has 7 nitrogen and oxygen atoms in total. The molecule has 0 radical (unpaired) electrons. The van der Waals surface area contributed by atoms with E-state index in [1.54, 1.807) is 0 Å². The number of hydrogen-bond donors (Lipinski definition) is 4.